The lowest BCUT2D eigenvalue weighted by atomic mass is 10.2. The van der Waals surface area contributed by atoms with Crippen molar-refractivity contribution in [1.82, 2.24) is 4.72 Å². The molecular formula is C19H20N2O5S. The highest BCUT2D eigenvalue weighted by molar-refractivity contribution is 7.89. The topological polar surface area (TPSA) is 102 Å². The molecule has 2 N–H and O–H groups in total. The van der Waals surface area contributed by atoms with Gasteiger partial charge in [-0.25, -0.2) is 17.9 Å². The molecule has 1 atom stereocenters. The van der Waals surface area contributed by atoms with E-state index < -0.39 is 28.0 Å². The Balaban J connectivity index is 1.59. The maximum absolute atomic E-state index is 12.2. The molecule has 0 spiro atoms. The fourth-order valence-electron chi connectivity index (χ4n) is 2.31. The van der Waals surface area contributed by atoms with Crippen LogP contribution in [0.5, 0.6) is 0 Å². The first-order valence-electron chi connectivity index (χ1n) is 8.54. The zero-order valence-corrected chi connectivity index (χ0v) is 15.5. The van der Waals surface area contributed by atoms with Gasteiger partial charge in [0.25, 0.3) is 5.91 Å². The number of sulfonamides is 1. The summed E-state index contributed by atoms with van der Waals surface area (Å²) in [7, 11) is -3.58. The van der Waals surface area contributed by atoms with Crippen molar-refractivity contribution in [2.24, 2.45) is 0 Å². The molecule has 27 heavy (non-hydrogen) atoms. The predicted molar refractivity (Wildman–Crippen MR) is 99.7 cm³/mol. The Labute approximate surface area is 157 Å². The molecular weight excluding hydrogens is 368 g/mol. The minimum Gasteiger partial charge on any atom is -0.449 e. The number of hydrogen-bond acceptors (Lipinski definition) is 5. The van der Waals surface area contributed by atoms with E-state index in [4.69, 9.17) is 4.74 Å². The van der Waals surface area contributed by atoms with E-state index in [0.29, 0.717) is 5.69 Å². The molecule has 1 aliphatic rings. The lowest BCUT2D eigenvalue weighted by molar-refractivity contribution is -0.123. The SMILES string of the molecule is CC(OC(=O)c1ccc(S(=O)(=O)NC2CC2)cc1)C(=O)Nc1ccccc1. The summed E-state index contributed by atoms with van der Waals surface area (Å²) in [5.74, 6) is -1.16. The summed E-state index contributed by atoms with van der Waals surface area (Å²) >= 11 is 0. The first-order valence-corrected chi connectivity index (χ1v) is 10.0. The van der Waals surface area contributed by atoms with Crippen LogP contribution in [-0.4, -0.2) is 32.4 Å². The van der Waals surface area contributed by atoms with Gasteiger partial charge in [0.1, 0.15) is 0 Å². The Kier molecular flexibility index (Phi) is 5.57. The standard InChI is InChI=1S/C19H20N2O5S/c1-13(18(22)20-15-5-3-2-4-6-15)26-19(23)14-7-11-17(12-8-14)27(24,25)21-16-9-10-16/h2-8,11-13,16,21H,9-10H2,1H3,(H,20,22). The number of carbonyl (C=O) groups excluding carboxylic acids is 2. The van der Waals surface area contributed by atoms with Gasteiger partial charge in [-0.05, 0) is 56.2 Å². The van der Waals surface area contributed by atoms with Gasteiger partial charge in [0.2, 0.25) is 10.0 Å². The summed E-state index contributed by atoms with van der Waals surface area (Å²) in [6.45, 7) is 1.47. The van der Waals surface area contributed by atoms with E-state index in [2.05, 4.69) is 10.0 Å². The molecule has 7 nitrogen and oxygen atoms in total. The summed E-state index contributed by atoms with van der Waals surface area (Å²) < 4.78 is 32.0. The second-order valence-electron chi connectivity index (χ2n) is 6.32. The molecule has 0 heterocycles. The van der Waals surface area contributed by atoms with E-state index in [9.17, 15) is 18.0 Å². The molecule has 1 saturated carbocycles. The Hall–Kier alpha value is -2.71. The minimum absolute atomic E-state index is 0.00335. The van der Waals surface area contributed by atoms with Crippen LogP contribution < -0.4 is 10.0 Å². The lowest BCUT2D eigenvalue weighted by Gasteiger charge is -2.13. The number of nitrogens with one attached hydrogen (secondary N) is 2. The summed E-state index contributed by atoms with van der Waals surface area (Å²) in [4.78, 5) is 24.4. The Morgan fingerprint density at radius 1 is 1.04 bits per heavy atom. The zero-order valence-electron chi connectivity index (χ0n) is 14.7. The Bertz CT molecular complexity index is 922. The Morgan fingerprint density at radius 2 is 1.67 bits per heavy atom. The average Bonchev–Trinajstić information content (AvgIpc) is 3.46. The van der Waals surface area contributed by atoms with Crippen LogP contribution in [0.4, 0.5) is 5.69 Å². The van der Waals surface area contributed by atoms with Gasteiger partial charge >= 0.3 is 5.97 Å². The highest BCUT2D eigenvalue weighted by atomic mass is 32.2. The molecule has 0 aromatic heterocycles. The van der Waals surface area contributed by atoms with Crippen molar-refractivity contribution >= 4 is 27.6 Å². The van der Waals surface area contributed by atoms with E-state index >= 15 is 0 Å². The maximum atomic E-state index is 12.2. The summed E-state index contributed by atoms with van der Waals surface area (Å²) in [6, 6.07) is 14.2. The van der Waals surface area contributed by atoms with Gasteiger partial charge in [-0.15, -0.1) is 0 Å². The van der Waals surface area contributed by atoms with Crippen LogP contribution in [0, 0.1) is 0 Å². The third-order valence-electron chi connectivity index (χ3n) is 3.99. The van der Waals surface area contributed by atoms with Gasteiger partial charge in [0.15, 0.2) is 6.10 Å². The molecule has 1 aliphatic carbocycles. The van der Waals surface area contributed by atoms with E-state index in [0.717, 1.165) is 12.8 Å². The summed E-state index contributed by atoms with van der Waals surface area (Å²) in [5.41, 5.74) is 0.767. The van der Waals surface area contributed by atoms with E-state index in [1.165, 1.54) is 31.2 Å². The molecule has 1 fully saturated rings. The van der Waals surface area contributed by atoms with Crippen molar-refractivity contribution in [3.05, 3.63) is 60.2 Å². The fraction of sp³-hybridized carbons (Fsp3) is 0.263. The molecule has 1 unspecified atom stereocenters. The maximum Gasteiger partial charge on any atom is 0.338 e. The molecule has 2 aromatic rings. The van der Waals surface area contributed by atoms with Crippen molar-refractivity contribution in [2.45, 2.75) is 36.8 Å². The minimum atomic E-state index is -3.58. The van der Waals surface area contributed by atoms with Crippen molar-refractivity contribution in [3.8, 4) is 0 Å². The number of hydrogen-bond donors (Lipinski definition) is 2. The van der Waals surface area contributed by atoms with Crippen LogP contribution in [0.25, 0.3) is 0 Å². The Morgan fingerprint density at radius 3 is 2.26 bits per heavy atom. The van der Waals surface area contributed by atoms with Crippen LogP contribution in [0.15, 0.2) is 59.5 Å². The smallest absolute Gasteiger partial charge is 0.338 e. The second kappa shape index (κ2) is 7.89. The zero-order chi connectivity index (χ0) is 19.4. The molecule has 0 saturated heterocycles. The number of benzene rings is 2. The van der Waals surface area contributed by atoms with Crippen LogP contribution in [0.1, 0.15) is 30.1 Å². The van der Waals surface area contributed by atoms with Crippen molar-refractivity contribution in [3.63, 3.8) is 0 Å². The molecule has 1 amide bonds. The molecule has 142 valence electrons. The van der Waals surface area contributed by atoms with Crippen molar-refractivity contribution in [2.75, 3.05) is 5.32 Å². The van der Waals surface area contributed by atoms with Crippen molar-refractivity contribution in [1.29, 1.82) is 0 Å². The molecule has 0 aliphatic heterocycles. The van der Waals surface area contributed by atoms with Crippen molar-refractivity contribution < 1.29 is 22.7 Å². The van der Waals surface area contributed by atoms with Crippen LogP contribution in [0.2, 0.25) is 0 Å². The first-order chi connectivity index (χ1) is 12.8. The number of anilines is 1. The molecule has 2 aromatic carbocycles. The number of esters is 1. The average molecular weight is 388 g/mol. The number of rotatable bonds is 7. The molecule has 3 rings (SSSR count). The van der Waals surface area contributed by atoms with Gasteiger partial charge in [0.05, 0.1) is 10.5 Å². The fourth-order valence-corrected chi connectivity index (χ4v) is 3.61. The van der Waals surface area contributed by atoms with E-state index in [1.54, 1.807) is 24.3 Å². The normalized spacial score (nSPS) is 15.0. The first kappa shape index (κ1) is 19.1. The van der Waals surface area contributed by atoms with Crippen LogP contribution in [0.3, 0.4) is 0 Å². The highest BCUT2D eigenvalue weighted by Gasteiger charge is 2.28. The van der Waals surface area contributed by atoms with Gasteiger partial charge < -0.3 is 10.1 Å². The highest BCUT2D eigenvalue weighted by Crippen LogP contribution is 2.22. The largest absolute Gasteiger partial charge is 0.449 e. The van der Waals surface area contributed by atoms with Crippen LogP contribution >= 0.6 is 0 Å². The quantitative estimate of drug-likeness (QED) is 0.709. The lowest BCUT2D eigenvalue weighted by Crippen LogP contribution is -2.30. The third kappa shape index (κ3) is 5.15. The predicted octanol–water partition coefficient (Wildman–Crippen LogP) is 2.31. The van der Waals surface area contributed by atoms with Crippen LogP contribution in [-0.2, 0) is 19.6 Å². The van der Waals surface area contributed by atoms with E-state index in [-0.39, 0.29) is 16.5 Å². The number of carbonyl (C=O) groups is 2. The summed E-state index contributed by atoms with van der Waals surface area (Å²) in [6.07, 6.45) is 0.678. The molecule has 0 radical (unpaired) electrons. The monoisotopic (exact) mass is 388 g/mol. The second-order valence-corrected chi connectivity index (χ2v) is 8.04. The van der Waals surface area contributed by atoms with Gasteiger partial charge in [-0.1, -0.05) is 18.2 Å². The number of amides is 1. The van der Waals surface area contributed by atoms with E-state index in [1.807, 2.05) is 6.07 Å². The third-order valence-corrected chi connectivity index (χ3v) is 5.53. The summed E-state index contributed by atoms with van der Waals surface area (Å²) in [5, 5.41) is 2.65. The number of ether oxygens (including phenoxy) is 1. The van der Waals surface area contributed by atoms with Gasteiger partial charge in [-0.3, -0.25) is 4.79 Å². The number of para-hydroxylation sites is 1. The molecule has 8 heteroatoms. The van der Waals surface area contributed by atoms with Gasteiger partial charge in [0, 0.05) is 11.7 Å². The van der Waals surface area contributed by atoms with Gasteiger partial charge in [-0.2, -0.15) is 0 Å². The molecule has 0 bridgehead atoms.